The van der Waals surface area contributed by atoms with Crippen LogP contribution in [0.3, 0.4) is 0 Å². The maximum atomic E-state index is 13.2. The first kappa shape index (κ1) is 16.6. The molecule has 2 aliphatic heterocycles. The molecule has 2 heterocycles. The molecular weight excluding hydrogens is 390 g/mol. The van der Waals surface area contributed by atoms with E-state index in [0.29, 0.717) is 12.8 Å². The van der Waals surface area contributed by atoms with E-state index in [4.69, 9.17) is 0 Å². The number of hydrogen-bond donors (Lipinski definition) is 0. The molecule has 130 valence electrons. The SMILES string of the molecule is Cc1ccc(Br)c2c1N(C(=O)C1CC13CCS(=O)(=O)CC3)CCC2. The molecule has 1 aromatic rings. The van der Waals surface area contributed by atoms with Gasteiger partial charge in [0.2, 0.25) is 5.91 Å². The maximum absolute atomic E-state index is 13.2. The number of amides is 1. The lowest BCUT2D eigenvalue weighted by molar-refractivity contribution is -0.120. The fourth-order valence-corrected chi connectivity index (χ4v) is 6.63. The van der Waals surface area contributed by atoms with Gasteiger partial charge in [0.25, 0.3) is 0 Å². The Labute approximate surface area is 151 Å². The van der Waals surface area contributed by atoms with Gasteiger partial charge in [-0.1, -0.05) is 22.0 Å². The van der Waals surface area contributed by atoms with Crippen molar-refractivity contribution in [3.05, 3.63) is 27.7 Å². The molecule has 1 aromatic carbocycles. The summed E-state index contributed by atoms with van der Waals surface area (Å²) in [6.45, 7) is 2.83. The van der Waals surface area contributed by atoms with Gasteiger partial charge >= 0.3 is 0 Å². The van der Waals surface area contributed by atoms with Gasteiger partial charge in [-0.15, -0.1) is 0 Å². The molecule has 6 heteroatoms. The van der Waals surface area contributed by atoms with E-state index in [1.807, 2.05) is 4.90 Å². The molecule has 0 aromatic heterocycles. The third kappa shape index (κ3) is 2.62. The number of anilines is 1. The summed E-state index contributed by atoms with van der Waals surface area (Å²) in [5.41, 5.74) is 3.41. The zero-order chi connectivity index (χ0) is 17.1. The van der Waals surface area contributed by atoms with Crippen molar-refractivity contribution in [1.29, 1.82) is 0 Å². The standard InChI is InChI=1S/C18H22BrNO3S/c1-12-4-5-15(19)13-3-2-8-20(16(12)13)17(21)14-11-18(14)6-9-24(22,23)10-7-18/h4-5,14H,2-3,6-11H2,1H3. The number of nitrogens with zero attached hydrogens (tertiary/aromatic N) is 1. The Morgan fingerprint density at radius 1 is 1.29 bits per heavy atom. The molecule has 1 aliphatic carbocycles. The van der Waals surface area contributed by atoms with Gasteiger partial charge < -0.3 is 4.90 Å². The van der Waals surface area contributed by atoms with Crippen LogP contribution in [0.4, 0.5) is 5.69 Å². The van der Waals surface area contributed by atoms with Gasteiger partial charge in [0.05, 0.1) is 17.2 Å². The molecular formula is C18H22BrNO3S. The Kier molecular flexibility index (Phi) is 3.84. The van der Waals surface area contributed by atoms with E-state index >= 15 is 0 Å². The number of aryl methyl sites for hydroxylation is 1. The predicted molar refractivity (Wildman–Crippen MR) is 98.0 cm³/mol. The lowest BCUT2D eigenvalue weighted by Crippen LogP contribution is -2.39. The van der Waals surface area contributed by atoms with Crippen LogP contribution in [0.25, 0.3) is 0 Å². The van der Waals surface area contributed by atoms with Crippen LogP contribution in [0.15, 0.2) is 16.6 Å². The minimum atomic E-state index is -2.88. The second-order valence-corrected chi connectivity index (χ2v) is 10.7. The van der Waals surface area contributed by atoms with Crippen LogP contribution in [-0.2, 0) is 21.1 Å². The minimum absolute atomic E-state index is 0.0114. The number of carbonyl (C=O) groups excluding carboxylic acids is 1. The number of fused-ring (bicyclic) bond motifs is 1. The summed E-state index contributed by atoms with van der Waals surface area (Å²) in [6.07, 6.45) is 4.15. The van der Waals surface area contributed by atoms with Crippen molar-refractivity contribution in [1.82, 2.24) is 0 Å². The van der Waals surface area contributed by atoms with Crippen LogP contribution in [0.2, 0.25) is 0 Å². The second kappa shape index (κ2) is 5.56. The molecule has 1 amide bonds. The Hall–Kier alpha value is -0.880. The third-order valence-corrected chi connectivity index (χ3v) is 8.48. The molecule has 1 spiro atoms. The van der Waals surface area contributed by atoms with Crippen molar-refractivity contribution in [3.63, 3.8) is 0 Å². The van der Waals surface area contributed by atoms with Crippen molar-refractivity contribution < 1.29 is 13.2 Å². The van der Waals surface area contributed by atoms with Crippen molar-refractivity contribution >= 4 is 37.4 Å². The summed E-state index contributed by atoms with van der Waals surface area (Å²) in [5.74, 6) is 0.712. The molecule has 1 unspecified atom stereocenters. The van der Waals surface area contributed by atoms with Gasteiger partial charge in [0.1, 0.15) is 9.84 Å². The van der Waals surface area contributed by atoms with Gasteiger partial charge in [-0.2, -0.15) is 0 Å². The third-order valence-electron chi connectivity index (χ3n) is 6.08. The zero-order valence-electron chi connectivity index (χ0n) is 13.8. The summed E-state index contributed by atoms with van der Waals surface area (Å²) in [5, 5.41) is 0. The first-order chi connectivity index (χ1) is 11.3. The largest absolute Gasteiger partial charge is 0.312 e. The van der Waals surface area contributed by atoms with E-state index in [2.05, 4.69) is 35.0 Å². The number of halogens is 1. The number of carbonyl (C=O) groups is 1. The van der Waals surface area contributed by atoms with Crippen molar-refractivity contribution in [2.24, 2.45) is 11.3 Å². The van der Waals surface area contributed by atoms with E-state index < -0.39 is 9.84 Å². The predicted octanol–water partition coefficient (Wildman–Crippen LogP) is 3.25. The van der Waals surface area contributed by atoms with Gasteiger partial charge in [-0.3, -0.25) is 4.79 Å². The molecule has 0 bridgehead atoms. The van der Waals surface area contributed by atoms with Crippen molar-refractivity contribution in [3.8, 4) is 0 Å². The van der Waals surface area contributed by atoms with Gasteiger partial charge in [-0.25, -0.2) is 8.42 Å². The molecule has 1 saturated carbocycles. The summed E-state index contributed by atoms with van der Waals surface area (Å²) in [4.78, 5) is 15.2. The summed E-state index contributed by atoms with van der Waals surface area (Å²) >= 11 is 3.62. The van der Waals surface area contributed by atoms with Crippen molar-refractivity contribution in [2.75, 3.05) is 23.0 Å². The van der Waals surface area contributed by atoms with E-state index in [9.17, 15) is 13.2 Å². The lowest BCUT2D eigenvalue weighted by Gasteiger charge is -2.33. The Bertz CT molecular complexity index is 804. The number of sulfone groups is 1. The lowest BCUT2D eigenvalue weighted by atomic mass is 9.94. The average molecular weight is 412 g/mol. The van der Waals surface area contributed by atoms with Crippen LogP contribution in [0.5, 0.6) is 0 Å². The minimum Gasteiger partial charge on any atom is -0.312 e. The Morgan fingerprint density at radius 3 is 2.71 bits per heavy atom. The maximum Gasteiger partial charge on any atom is 0.230 e. The molecule has 0 radical (unpaired) electrons. The highest BCUT2D eigenvalue weighted by Gasteiger charge is 2.60. The molecule has 1 atom stereocenters. The van der Waals surface area contributed by atoms with Crippen LogP contribution in [0.1, 0.15) is 36.8 Å². The van der Waals surface area contributed by atoms with Crippen LogP contribution >= 0.6 is 15.9 Å². The number of benzene rings is 1. The molecule has 2 fully saturated rings. The van der Waals surface area contributed by atoms with E-state index in [1.165, 1.54) is 5.56 Å². The first-order valence-electron chi connectivity index (χ1n) is 8.63. The Morgan fingerprint density at radius 2 is 2.00 bits per heavy atom. The molecule has 4 rings (SSSR count). The zero-order valence-corrected chi connectivity index (χ0v) is 16.2. The summed E-state index contributed by atoms with van der Waals surface area (Å²) < 4.78 is 24.5. The average Bonchev–Trinajstić information content (AvgIpc) is 3.28. The fraction of sp³-hybridized carbons (Fsp3) is 0.611. The van der Waals surface area contributed by atoms with Gasteiger partial charge in [0.15, 0.2) is 0 Å². The number of rotatable bonds is 1. The quantitative estimate of drug-likeness (QED) is 0.712. The smallest absolute Gasteiger partial charge is 0.230 e. The van der Waals surface area contributed by atoms with Gasteiger partial charge in [-0.05, 0) is 61.6 Å². The monoisotopic (exact) mass is 411 g/mol. The molecule has 0 N–H and O–H groups in total. The van der Waals surface area contributed by atoms with Gasteiger partial charge in [0, 0.05) is 16.9 Å². The number of hydrogen-bond acceptors (Lipinski definition) is 3. The molecule has 1 saturated heterocycles. The van der Waals surface area contributed by atoms with Crippen LogP contribution in [-0.4, -0.2) is 32.4 Å². The Balaban J connectivity index is 1.59. The van der Waals surface area contributed by atoms with Crippen LogP contribution in [0, 0.1) is 18.3 Å². The van der Waals surface area contributed by atoms with Crippen molar-refractivity contribution in [2.45, 2.75) is 39.0 Å². The summed E-state index contributed by atoms with van der Waals surface area (Å²) in [6, 6.07) is 4.12. The van der Waals surface area contributed by atoms with E-state index in [0.717, 1.165) is 41.5 Å². The summed E-state index contributed by atoms with van der Waals surface area (Å²) in [7, 11) is -2.88. The normalized spacial score (nSPS) is 26.9. The highest BCUT2D eigenvalue weighted by molar-refractivity contribution is 9.10. The highest BCUT2D eigenvalue weighted by Crippen LogP contribution is 2.60. The van der Waals surface area contributed by atoms with E-state index in [-0.39, 0.29) is 28.7 Å². The molecule has 3 aliphatic rings. The highest BCUT2D eigenvalue weighted by atomic mass is 79.9. The molecule has 24 heavy (non-hydrogen) atoms. The second-order valence-electron chi connectivity index (χ2n) is 7.56. The first-order valence-corrected chi connectivity index (χ1v) is 11.2. The van der Waals surface area contributed by atoms with Crippen LogP contribution < -0.4 is 4.90 Å². The van der Waals surface area contributed by atoms with E-state index in [1.54, 1.807) is 0 Å². The topological polar surface area (TPSA) is 54.5 Å². The molecule has 4 nitrogen and oxygen atoms in total. The fourth-order valence-electron chi connectivity index (χ4n) is 4.47.